The van der Waals surface area contributed by atoms with Crippen LogP contribution >= 0.6 is 11.6 Å². The molecule has 0 fully saturated rings. The standard InChI is InChI=1S/C8H13ClO/c1-7(2)5-3-4-6-8(9)10/h1,3-6H2,2H3. The minimum atomic E-state index is -0.235. The average Bonchev–Trinajstić information content (AvgIpc) is 1.79. The molecular weight excluding hydrogens is 148 g/mol. The normalized spacial score (nSPS) is 9.40. The monoisotopic (exact) mass is 160 g/mol. The predicted octanol–water partition coefficient (Wildman–Crippen LogP) is 2.89. The fourth-order valence-corrected chi connectivity index (χ4v) is 0.824. The van der Waals surface area contributed by atoms with Gasteiger partial charge in [-0.05, 0) is 37.8 Å². The molecule has 0 aliphatic carbocycles. The van der Waals surface area contributed by atoms with Crippen LogP contribution in [-0.2, 0) is 4.79 Å². The van der Waals surface area contributed by atoms with Crippen molar-refractivity contribution in [2.24, 2.45) is 0 Å². The van der Waals surface area contributed by atoms with Gasteiger partial charge in [0, 0.05) is 6.42 Å². The van der Waals surface area contributed by atoms with Crippen molar-refractivity contribution in [3.63, 3.8) is 0 Å². The first kappa shape index (κ1) is 9.70. The summed E-state index contributed by atoms with van der Waals surface area (Å²) in [5, 5.41) is -0.235. The molecular formula is C8H13ClO. The Morgan fingerprint density at radius 1 is 1.40 bits per heavy atom. The summed E-state index contributed by atoms with van der Waals surface area (Å²) in [6.45, 7) is 5.74. The number of carbonyl (C=O) groups is 1. The first-order valence-corrected chi connectivity index (χ1v) is 3.83. The minimum Gasteiger partial charge on any atom is -0.281 e. The lowest BCUT2D eigenvalue weighted by Crippen LogP contribution is -1.85. The molecule has 0 unspecified atom stereocenters. The molecule has 0 heterocycles. The number of halogens is 1. The number of carbonyl (C=O) groups excluding carboxylic acids is 1. The molecule has 0 rings (SSSR count). The second-order valence-corrected chi connectivity index (χ2v) is 2.94. The Morgan fingerprint density at radius 2 is 1.90 bits per heavy atom. The molecule has 1 nitrogen and oxygen atoms in total. The number of hydrogen-bond donors (Lipinski definition) is 0. The summed E-state index contributed by atoms with van der Waals surface area (Å²) >= 11 is 5.13. The van der Waals surface area contributed by atoms with Gasteiger partial charge in [0.15, 0.2) is 0 Å². The van der Waals surface area contributed by atoms with Gasteiger partial charge in [-0.2, -0.15) is 0 Å². The summed E-state index contributed by atoms with van der Waals surface area (Å²) in [5.41, 5.74) is 1.17. The van der Waals surface area contributed by atoms with Crippen LogP contribution in [0, 0.1) is 0 Å². The third-order valence-corrected chi connectivity index (χ3v) is 1.42. The largest absolute Gasteiger partial charge is 0.281 e. The minimum absolute atomic E-state index is 0.235. The van der Waals surface area contributed by atoms with E-state index in [1.54, 1.807) is 0 Å². The van der Waals surface area contributed by atoms with Crippen LogP contribution in [-0.4, -0.2) is 5.24 Å². The summed E-state index contributed by atoms with van der Waals surface area (Å²) in [5.74, 6) is 0. The fraction of sp³-hybridized carbons (Fsp3) is 0.625. The molecule has 0 aliphatic heterocycles. The summed E-state index contributed by atoms with van der Waals surface area (Å²) < 4.78 is 0. The summed E-state index contributed by atoms with van der Waals surface area (Å²) in [4.78, 5) is 10.2. The van der Waals surface area contributed by atoms with E-state index < -0.39 is 0 Å². The Bertz CT molecular complexity index is 113. The second-order valence-electron chi connectivity index (χ2n) is 2.52. The van der Waals surface area contributed by atoms with Gasteiger partial charge >= 0.3 is 0 Å². The van der Waals surface area contributed by atoms with Crippen LogP contribution in [0.2, 0.25) is 0 Å². The van der Waals surface area contributed by atoms with Gasteiger partial charge in [-0.25, -0.2) is 0 Å². The Morgan fingerprint density at radius 3 is 2.30 bits per heavy atom. The van der Waals surface area contributed by atoms with Gasteiger partial charge in [0.2, 0.25) is 5.24 Å². The molecule has 0 spiro atoms. The predicted molar refractivity (Wildman–Crippen MR) is 44.1 cm³/mol. The van der Waals surface area contributed by atoms with Gasteiger partial charge in [0.25, 0.3) is 0 Å². The van der Waals surface area contributed by atoms with Crippen LogP contribution < -0.4 is 0 Å². The van der Waals surface area contributed by atoms with Gasteiger partial charge in [0.1, 0.15) is 0 Å². The quantitative estimate of drug-likeness (QED) is 0.343. The van der Waals surface area contributed by atoms with Crippen molar-refractivity contribution in [1.82, 2.24) is 0 Å². The van der Waals surface area contributed by atoms with Gasteiger partial charge < -0.3 is 0 Å². The first-order chi connectivity index (χ1) is 4.63. The van der Waals surface area contributed by atoms with E-state index in [-0.39, 0.29) is 5.24 Å². The molecule has 0 atom stereocenters. The molecule has 0 bridgehead atoms. The molecule has 0 aromatic rings. The van der Waals surface area contributed by atoms with Crippen LogP contribution in [0.15, 0.2) is 12.2 Å². The Hall–Kier alpha value is -0.300. The molecule has 0 aromatic heterocycles. The van der Waals surface area contributed by atoms with Crippen molar-refractivity contribution in [2.75, 3.05) is 0 Å². The smallest absolute Gasteiger partial charge is 0.221 e. The number of unbranched alkanes of at least 4 members (excludes halogenated alkanes) is 1. The maximum Gasteiger partial charge on any atom is 0.221 e. The number of allylic oxidation sites excluding steroid dienone is 1. The molecule has 58 valence electrons. The van der Waals surface area contributed by atoms with Gasteiger partial charge in [-0.1, -0.05) is 5.57 Å². The maximum atomic E-state index is 10.2. The summed E-state index contributed by atoms with van der Waals surface area (Å²) in [6.07, 6.45) is 3.40. The number of rotatable bonds is 5. The SMILES string of the molecule is C=C(C)CCCCC(=O)Cl. The molecule has 0 aromatic carbocycles. The molecule has 0 radical (unpaired) electrons. The lowest BCUT2D eigenvalue weighted by Gasteiger charge is -1.95. The highest BCUT2D eigenvalue weighted by molar-refractivity contribution is 6.63. The Balaban J connectivity index is 3.06. The lowest BCUT2D eigenvalue weighted by atomic mass is 10.1. The zero-order chi connectivity index (χ0) is 7.98. The second kappa shape index (κ2) is 5.48. The van der Waals surface area contributed by atoms with Crippen LogP contribution in [0.4, 0.5) is 0 Å². The highest BCUT2D eigenvalue weighted by Crippen LogP contribution is 2.06. The molecule has 10 heavy (non-hydrogen) atoms. The Kier molecular flexibility index (Phi) is 5.32. The Labute approximate surface area is 67.1 Å². The van der Waals surface area contributed by atoms with E-state index in [2.05, 4.69) is 6.58 Å². The third kappa shape index (κ3) is 7.70. The van der Waals surface area contributed by atoms with Crippen molar-refractivity contribution < 1.29 is 4.79 Å². The topological polar surface area (TPSA) is 17.1 Å². The molecule has 0 N–H and O–H groups in total. The highest BCUT2D eigenvalue weighted by atomic mass is 35.5. The summed E-state index contributed by atoms with van der Waals surface area (Å²) in [7, 11) is 0. The van der Waals surface area contributed by atoms with E-state index >= 15 is 0 Å². The van der Waals surface area contributed by atoms with Crippen LogP contribution in [0.1, 0.15) is 32.6 Å². The third-order valence-electron chi connectivity index (χ3n) is 1.23. The average molecular weight is 161 g/mol. The summed E-state index contributed by atoms with van der Waals surface area (Å²) in [6, 6.07) is 0. The van der Waals surface area contributed by atoms with E-state index in [0.29, 0.717) is 6.42 Å². The van der Waals surface area contributed by atoms with Crippen LogP contribution in [0.3, 0.4) is 0 Å². The zero-order valence-electron chi connectivity index (χ0n) is 6.32. The van der Waals surface area contributed by atoms with Gasteiger partial charge in [-0.3, -0.25) is 4.79 Å². The fourth-order valence-electron chi connectivity index (χ4n) is 0.691. The molecule has 2 heteroatoms. The van der Waals surface area contributed by atoms with Crippen LogP contribution in [0.25, 0.3) is 0 Å². The van der Waals surface area contributed by atoms with Crippen molar-refractivity contribution in [3.05, 3.63) is 12.2 Å². The first-order valence-electron chi connectivity index (χ1n) is 3.45. The van der Waals surface area contributed by atoms with Crippen LogP contribution in [0.5, 0.6) is 0 Å². The molecule has 0 aliphatic rings. The lowest BCUT2D eigenvalue weighted by molar-refractivity contribution is -0.111. The van der Waals surface area contributed by atoms with Gasteiger partial charge in [-0.15, -0.1) is 6.58 Å². The van der Waals surface area contributed by atoms with Crippen molar-refractivity contribution in [3.8, 4) is 0 Å². The van der Waals surface area contributed by atoms with E-state index in [1.807, 2.05) is 6.92 Å². The highest BCUT2D eigenvalue weighted by Gasteiger charge is 1.94. The zero-order valence-corrected chi connectivity index (χ0v) is 7.08. The van der Waals surface area contributed by atoms with Crippen molar-refractivity contribution in [2.45, 2.75) is 32.6 Å². The van der Waals surface area contributed by atoms with E-state index in [1.165, 1.54) is 5.57 Å². The van der Waals surface area contributed by atoms with E-state index in [0.717, 1.165) is 19.3 Å². The van der Waals surface area contributed by atoms with E-state index in [9.17, 15) is 4.79 Å². The molecule has 0 amide bonds. The van der Waals surface area contributed by atoms with Crippen molar-refractivity contribution in [1.29, 1.82) is 0 Å². The van der Waals surface area contributed by atoms with Crippen molar-refractivity contribution >= 4 is 16.8 Å². The molecule has 0 saturated carbocycles. The van der Waals surface area contributed by atoms with E-state index in [4.69, 9.17) is 11.6 Å². The molecule has 0 saturated heterocycles. The van der Waals surface area contributed by atoms with Gasteiger partial charge in [0.05, 0.1) is 0 Å². The number of hydrogen-bond acceptors (Lipinski definition) is 1. The maximum absolute atomic E-state index is 10.2.